The third-order valence-electron chi connectivity index (χ3n) is 7.72. The summed E-state index contributed by atoms with van der Waals surface area (Å²) in [5, 5.41) is 4.82. The number of para-hydroxylation sites is 1. The van der Waals surface area contributed by atoms with Crippen LogP contribution in [0.5, 0.6) is 0 Å². The molecular weight excluding hydrogens is 392 g/mol. The lowest BCUT2D eigenvalue weighted by Gasteiger charge is -2.37. The molecule has 3 fully saturated rings. The van der Waals surface area contributed by atoms with Gasteiger partial charge in [0.15, 0.2) is 0 Å². The van der Waals surface area contributed by atoms with Gasteiger partial charge in [-0.1, -0.05) is 30.4 Å². The number of rotatable bonds is 3. The molecule has 1 N–H and O–H groups in total. The lowest BCUT2D eigenvalue weighted by atomic mass is 9.63. The first kappa shape index (κ1) is 17.3. The second-order valence-electron chi connectivity index (χ2n) is 9.27. The number of hydrogen-bond acceptors (Lipinski definition) is 4. The second kappa shape index (κ2) is 5.84. The number of hydrogen-bond donors (Lipinski definition) is 1. The summed E-state index contributed by atoms with van der Waals surface area (Å²) in [7, 11) is 0. The molecule has 0 unspecified atom stereocenters. The van der Waals surface area contributed by atoms with Crippen molar-refractivity contribution in [1.82, 2.24) is 4.90 Å². The van der Waals surface area contributed by atoms with Crippen LogP contribution in [0.1, 0.15) is 6.42 Å². The first-order chi connectivity index (χ1) is 15.1. The van der Waals surface area contributed by atoms with Crippen molar-refractivity contribution in [2.24, 2.45) is 35.5 Å². The van der Waals surface area contributed by atoms with Crippen molar-refractivity contribution in [3.8, 4) is 0 Å². The molecule has 2 aromatic carbocycles. The van der Waals surface area contributed by atoms with E-state index in [9.17, 15) is 14.4 Å². The summed E-state index contributed by atoms with van der Waals surface area (Å²) in [6.07, 6.45) is 5.40. The Morgan fingerprint density at radius 3 is 2.35 bits per heavy atom. The molecule has 0 spiro atoms. The van der Waals surface area contributed by atoms with Crippen LogP contribution in [0.25, 0.3) is 21.9 Å². The molecule has 3 aromatic rings. The Morgan fingerprint density at radius 2 is 1.61 bits per heavy atom. The van der Waals surface area contributed by atoms with Crippen LogP contribution in [-0.2, 0) is 14.4 Å². The minimum absolute atomic E-state index is 0.167. The van der Waals surface area contributed by atoms with Crippen LogP contribution in [0.4, 0.5) is 5.69 Å². The van der Waals surface area contributed by atoms with Gasteiger partial charge in [-0.05, 0) is 48.3 Å². The number of imide groups is 1. The summed E-state index contributed by atoms with van der Waals surface area (Å²) in [4.78, 5) is 40.0. The number of anilines is 1. The van der Waals surface area contributed by atoms with Crippen LogP contribution in [0.3, 0.4) is 0 Å². The molecule has 31 heavy (non-hydrogen) atoms. The van der Waals surface area contributed by atoms with E-state index in [1.54, 1.807) is 6.07 Å². The zero-order chi connectivity index (χ0) is 20.9. The molecule has 2 heterocycles. The van der Waals surface area contributed by atoms with E-state index in [1.165, 1.54) is 4.90 Å². The molecule has 6 atom stereocenters. The maximum Gasteiger partial charge on any atom is 0.244 e. The van der Waals surface area contributed by atoms with Crippen LogP contribution in [-0.4, -0.2) is 29.2 Å². The number of likely N-dealkylation sites (tertiary alicyclic amines) is 1. The molecule has 4 aliphatic carbocycles. The van der Waals surface area contributed by atoms with Gasteiger partial charge in [0.25, 0.3) is 0 Å². The van der Waals surface area contributed by atoms with Crippen molar-refractivity contribution in [3.05, 3.63) is 54.6 Å². The quantitative estimate of drug-likeness (QED) is 0.527. The fourth-order valence-corrected chi connectivity index (χ4v) is 6.32. The van der Waals surface area contributed by atoms with E-state index in [0.29, 0.717) is 23.1 Å². The standard InChI is InChI=1S/C25H20N2O4/c28-21(26-12-5-6-14-13-3-1-2-4-19(13)31-20(14)9-12)11-27-24(29)22-15-7-8-16(18-10-17(15)18)23(22)25(27)30/h1-9,15-18,22-23H,10-11H2,(H,26,28)/t15-,16-,17-,18+,22-,23+/m0/s1. The molecule has 2 saturated carbocycles. The van der Waals surface area contributed by atoms with Gasteiger partial charge in [0.2, 0.25) is 17.7 Å². The number of amides is 3. The van der Waals surface area contributed by atoms with E-state index in [1.807, 2.05) is 36.4 Å². The zero-order valence-corrected chi connectivity index (χ0v) is 16.7. The predicted octanol–water partition coefficient (Wildman–Crippen LogP) is 3.58. The minimum Gasteiger partial charge on any atom is -0.456 e. The highest BCUT2D eigenvalue weighted by Crippen LogP contribution is 2.65. The van der Waals surface area contributed by atoms with Gasteiger partial charge >= 0.3 is 0 Å². The van der Waals surface area contributed by atoms with Gasteiger partial charge in [0.05, 0.1) is 11.8 Å². The van der Waals surface area contributed by atoms with Gasteiger partial charge in [0.1, 0.15) is 17.7 Å². The highest BCUT2D eigenvalue weighted by atomic mass is 16.3. The Morgan fingerprint density at radius 1 is 0.935 bits per heavy atom. The Balaban J connectivity index is 1.11. The SMILES string of the molecule is O=C(CN1C(=O)[C@@H]2[C@H]3C=C[C@@H]([C@@H]4C[C@H]34)[C@@H]2C1=O)Nc1ccc2c(c1)oc1ccccc12. The molecule has 6 heteroatoms. The van der Waals surface area contributed by atoms with E-state index >= 15 is 0 Å². The number of benzene rings is 2. The van der Waals surface area contributed by atoms with E-state index in [2.05, 4.69) is 17.5 Å². The average Bonchev–Trinajstić information content (AvgIpc) is 3.47. The molecule has 0 radical (unpaired) electrons. The highest BCUT2D eigenvalue weighted by Gasteiger charge is 2.67. The Kier molecular flexibility index (Phi) is 3.26. The first-order valence-electron chi connectivity index (χ1n) is 10.8. The zero-order valence-electron chi connectivity index (χ0n) is 16.7. The number of furan rings is 1. The fraction of sp³-hybridized carbons (Fsp3) is 0.320. The largest absolute Gasteiger partial charge is 0.456 e. The monoisotopic (exact) mass is 412 g/mol. The van der Waals surface area contributed by atoms with Gasteiger partial charge in [-0.15, -0.1) is 0 Å². The van der Waals surface area contributed by atoms with E-state index in [4.69, 9.17) is 4.42 Å². The predicted molar refractivity (Wildman–Crippen MR) is 114 cm³/mol. The number of carbonyl (C=O) groups excluding carboxylic acids is 3. The molecule has 2 bridgehead atoms. The van der Waals surface area contributed by atoms with Gasteiger partial charge in [-0.3, -0.25) is 19.3 Å². The lowest BCUT2D eigenvalue weighted by Crippen LogP contribution is -2.40. The van der Waals surface area contributed by atoms with Gasteiger partial charge in [0, 0.05) is 22.5 Å². The smallest absolute Gasteiger partial charge is 0.244 e. The minimum atomic E-state index is -0.374. The molecule has 5 aliphatic rings. The molecule has 6 nitrogen and oxygen atoms in total. The Bertz CT molecular complexity index is 1300. The van der Waals surface area contributed by atoms with Crippen molar-refractivity contribution in [1.29, 1.82) is 0 Å². The third-order valence-corrected chi connectivity index (χ3v) is 7.72. The number of allylic oxidation sites excluding steroid dienone is 2. The molecule has 8 rings (SSSR count). The summed E-state index contributed by atoms with van der Waals surface area (Å²) < 4.78 is 5.87. The topological polar surface area (TPSA) is 79.6 Å². The first-order valence-corrected chi connectivity index (χ1v) is 10.8. The Hall–Kier alpha value is -3.41. The highest BCUT2D eigenvalue weighted by molar-refractivity contribution is 6.10. The maximum absolute atomic E-state index is 13.0. The molecular formula is C25H20N2O4. The molecule has 1 aliphatic heterocycles. The van der Waals surface area contributed by atoms with Crippen molar-refractivity contribution < 1.29 is 18.8 Å². The van der Waals surface area contributed by atoms with Crippen molar-refractivity contribution in [2.45, 2.75) is 6.42 Å². The summed E-state index contributed by atoms with van der Waals surface area (Å²) in [5.41, 5.74) is 2.05. The van der Waals surface area contributed by atoms with Crippen LogP contribution in [0.2, 0.25) is 0 Å². The Labute approximate surface area is 177 Å². The number of fused-ring (bicyclic) bond motifs is 3. The van der Waals surface area contributed by atoms with Crippen molar-refractivity contribution in [3.63, 3.8) is 0 Å². The van der Waals surface area contributed by atoms with Crippen LogP contribution >= 0.6 is 0 Å². The molecule has 1 saturated heterocycles. The summed E-state index contributed by atoms with van der Waals surface area (Å²) in [6.45, 7) is -0.238. The summed E-state index contributed by atoms with van der Waals surface area (Å²) in [6, 6.07) is 13.3. The van der Waals surface area contributed by atoms with Crippen LogP contribution < -0.4 is 5.32 Å². The van der Waals surface area contributed by atoms with Crippen molar-refractivity contribution >= 4 is 45.3 Å². The summed E-state index contributed by atoms with van der Waals surface area (Å²) in [5.74, 6) is 0.165. The molecule has 3 amide bonds. The summed E-state index contributed by atoms with van der Waals surface area (Å²) >= 11 is 0. The van der Waals surface area contributed by atoms with E-state index in [0.717, 1.165) is 22.8 Å². The molecule has 154 valence electrons. The van der Waals surface area contributed by atoms with E-state index < -0.39 is 0 Å². The van der Waals surface area contributed by atoms with Crippen LogP contribution in [0, 0.1) is 35.5 Å². The van der Waals surface area contributed by atoms with Gasteiger partial charge < -0.3 is 9.73 Å². The van der Waals surface area contributed by atoms with Crippen LogP contribution in [0.15, 0.2) is 59.0 Å². The lowest BCUT2D eigenvalue weighted by molar-refractivity contribution is -0.142. The number of carbonyl (C=O) groups is 3. The normalized spacial score (nSPS) is 32.6. The fourth-order valence-electron chi connectivity index (χ4n) is 6.32. The van der Waals surface area contributed by atoms with Gasteiger partial charge in [-0.25, -0.2) is 0 Å². The number of nitrogens with one attached hydrogen (secondary N) is 1. The van der Waals surface area contributed by atoms with Crippen molar-refractivity contribution in [2.75, 3.05) is 11.9 Å². The number of nitrogens with zero attached hydrogens (tertiary/aromatic N) is 1. The molecule has 1 aromatic heterocycles. The third kappa shape index (κ3) is 2.30. The average molecular weight is 412 g/mol. The second-order valence-corrected chi connectivity index (χ2v) is 9.27. The van der Waals surface area contributed by atoms with Gasteiger partial charge in [-0.2, -0.15) is 0 Å². The van der Waals surface area contributed by atoms with E-state index in [-0.39, 0.29) is 47.9 Å². The maximum atomic E-state index is 13.0.